The van der Waals surface area contributed by atoms with Crippen molar-refractivity contribution in [2.45, 2.75) is 0 Å². The van der Waals surface area contributed by atoms with Crippen LogP contribution in [0.4, 0.5) is 0 Å². The van der Waals surface area contributed by atoms with Crippen LogP contribution in [0, 0.1) is 0 Å². The van der Waals surface area contributed by atoms with Crippen LogP contribution in [0.15, 0.2) is 48.5 Å². The summed E-state index contributed by atoms with van der Waals surface area (Å²) in [5.74, 6) is 0. The third-order valence-corrected chi connectivity index (χ3v) is 3.44. The Morgan fingerprint density at radius 2 is 0.857 bits per heavy atom. The molecule has 6 N–H and O–H groups in total. The van der Waals surface area contributed by atoms with Gasteiger partial charge in [-0.05, 0) is 12.1 Å². The first-order valence-electron chi connectivity index (χ1n) is 5.86. The second-order valence-corrected chi connectivity index (χ2v) is 4.87. The minimum Gasteiger partial charge on any atom is -0.402 e. The van der Waals surface area contributed by atoms with Crippen LogP contribution in [0.25, 0.3) is 20.2 Å². The van der Waals surface area contributed by atoms with Gasteiger partial charge in [-0.25, -0.2) is 0 Å². The molecule has 0 unspecified atom stereocenters. The summed E-state index contributed by atoms with van der Waals surface area (Å²) in [6.45, 7) is 0. The molecule has 0 aliphatic rings. The first-order chi connectivity index (χ1) is 9.91. The maximum Gasteiger partial charge on any atom is 0.631 e. The molecule has 0 radical (unpaired) electrons. The van der Waals surface area contributed by atoms with Crippen molar-refractivity contribution in [2.24, 2.45) is 0 Å². The molecule has 2 aromatic carbocycles. The van der Waals surface area contributed by atoms with E-state index in [1.54, 1.807) is 0 Å². The molecule has 110 valence electrons. The fraction of sp³-hybridized carbons (Fsp3) is 0. The number of benzene rings is 2. The molecule has 3 rings (SSSR count). The van der Waals surface area contributed by atoms with E-state index in [1.807, 2.05) is 11.3 Å². The Morgan fingerprint density at radius 3 is 1.19 bits per heavy atom. The zero-order chi connectivity index (χ0) is 15.8. The van der Waals surface area contributed by atoms with Gasteiger partial charge in [-0.2, -0.15) is 0 Å². The van der Waals surface area contributed by atoms with Crippen LogP contribution in [0.2, 0.25) is 0 Å². The van der Waals surface area contributed by atoms with Gasteiger partial charge in [0.2, 0.25) is 0 Å². The SMILES string of the molecule is OB(O)O.OB(O)O.c1ccc2c(c1)sc1ccccc12. The summed E-state index contributed by atoms with van der Waals surface area (Å²) >= 11 is 1.86. The van der Waals surface area contributed by atoms with Gasteiger partial charge >= 0.3 is 14.6 Å². The molecule has 0 fully saturated rings. The molecule has 6 nitrogen and oxygen atoms in total. The van der Waals surface area contributed by atoms with E-state index in [0.717, 1.165) is 0 Å². The maximum absolute atomic E-state index is 7.17. The van der Waals surface area contributed by atoms with E-state index < -0.39 is 14.6 Å². The lowest BCUT2D eigenvalue weighted by molar-refractivity contribution is 0.276. The minimum absolute atomic E-state index is 1.38. The van der Waals surface area contributed by atoms with Crippen molar-refractivity contribution in [3.8, 4) is 0 Å². The van der Waals surface area contributed by atoms with Crippen molar-refractivity contribution in [2.75, 3.05) is 0 Å². The van der Waals surface area contributed by atoms with Crippen LogP contribution < -0.4 is 0 Å². The highest BCUT2D eigenvalue weighted by Crippen LogP contribution is 2.32. The first-order valence-corrected chi connectivity index (χ1v) is 6.68. The molecule has 21 heavy (non-hydrogen) atoms. The number of fused-ring (bicyclic) bond motifs is 3. The van der Waals surface area contributed by atoms with Gasteiger partial charge in [0.15, 0.2) is 0 Å². The molecule has 0 saturated carbocycles. The van der Waals surface area contributed by atoms with Gasteiger partial charge in [-0.15, -0.1) is 11.3 Å². The predicted octanol–water partition coefficient (Wildman–Crippen LogP) is -0.0491. The Morgan fingerprint density at radius 1 is 0.571 bits per heavy atom. The molecule has 9 heteroatoms. The van der Waals surface area contributed by atoms with Gasteiger partial charge in [0.25, 0.3) is 0 Å². The summed E-state index contributed by atoms with van der Waals surface area (Å²) in [7, 11) is -4.33. The minimum atomic E-state index is -2.17. The summed E-state index contributed by atoms with van der Waals surface area (Å²) in [5.41, 5.74) is 0. The quantitative estimate of drug-likeness (QED) is 0.324. The van der Waals surface area contributed by atoms with Gasteiger partial charge in [0.05, 0.1) is 0 Å². The molecule has 0 spiro atoms. The van der Waals surface area contributed by atoms with E-state index in [0.29, 0.717) is 0 Å². The number of hydrogen-bond donors (Lipinski definition) is 6. The number of rotatable bonds is 0. The van der Waals surface area contributed by atoms with Crippen LogP contribution in [-0.2, 0) is 0 Å². The fourth-order valence-electron chi connectivity index (χ4n) is 1.67. The highest BCUT2D eigenvalue weighted by Gasteiger charge is 2.01. The van der Waals surface area contributed by atoms with Gasteiger partial charge < -0.3 is 30.1 Å². The molecule has 0 bridgehead atoms. The summed E-state index contributed by atoms with van der Waals surface area (Å²) in [6.07, 6.45) is 0. The molecule has 0 aliphatic heterocycles. The highest BCUT2D eigenvalue weighted by molar-refractivity contribution is 7.25. The molecule has 3 aromatic rings. The number of hydrogen-bond acceptors (Lipinski definition) is 7. The van der Waals surface area contributed by atoms with E-state index in [1.165, 1.54) is 20.2 Å². The Balaban J connectivity index is 0.000000234. The fourth-order valence-corrected chi connectivity index (χ4v) is 2.78. The second-order valence-electron chi connectivity index (χ2n) is 3.79. The largest absolute Gasteiger partial charge is 0.631 e. The molecular weight excluding hydrogens is 294 g/mol. The van der Waals surface area contributed by atoms with E-state index in [9.17, 15) is 0 Å². The zero-order valence-corrected chi connectivity index (χ0v) is 11.7. The Labute approximate surface area is 125 Å². The maximum atomic E-state index is 7.17. The van der Waals surface area contributed by atoms with E-state index >= 15 is 0 Å². The van der Waals surface area contributed by atoms with Gasteiger partial charge in [0, 0.05) is 20.2 Å². The molecule has 0 aliphatic carbocycles. The summed E-state index contributed by atoms with van der Waals surface area (Å²) < 4.78 is 2.76. The smallest absolute Gasteiger partial charge is 0.402 e. The van der Waals surface area contributed by atoms with Crippen molar-refractivity contribution < 1.29 is 30.1 Å². The van der Waals surface area contributed by atoms with Crippen LogP contribution in [0.3, 0.4) is 0 Å². The average Bonchev–Trinajstić information content (AvgIpc) is 2.76. The van der Waals surface area contributed by atoms with E-state index in [2.05, 4.69) is 48.5 Å². The highest BCUT2D eigenvalue weighted by atomic mass is 32.1. The van der Waals surface area contributed by atoms with Crippen molar-refractivity contribution >= 4 is 46.2 Å². The summed E-state index contributed by atoms with van der Waals surface area (Å²) in [4.78, 5) is 0. The summed E-state index contributed by atoms with van der Waals surface area (Å²) in [6, 6.07) is 17.1. The third kappa shape index (κ3) is 6.23. The molecule has 0 saturated heterocycles. The standard InChI is InChI=1S/C12H8S.2BH3O3/c1-3-7-11-9(5-1)10-6-2-4-8-12(10)13-11;2*2-1(3)4/h1-8H;2*2-4H. The van der Waals surface area contributed by atoms with Gasteiger partial charge in [0.1, 0.15) is 0 Å². The van der Waals surface area contributed by atoms with E-state index in [-0.39, 0.29) is 0 Å². The Kier molecular flexibility index (Phi) is 7.34. The van der Waals surface area contributed by atoms with Crippen LogP contribution in [0.5, 0.6) is 0 Å². The zero-order valence-electron chi connectivity index (χ0n) is 10.9. The second kappa shape index (κ2) is 8.75. The van der Waals surface area contributed by atoms with Crippen molar-refractivity contribution in [1.29, 1.82) is 0 Å². The molecule has 0 atom stereocenters. The molecular formula is C12H14B2O6S. The lowest BCUT2D eigenvalue weighted by atomic mass is 10.2. The van der Waals surface area contributed by atoms with E-state index in [4.69, 9.17) is 30.1 Å². The monoisotopic (exact) mass is 308 g/mol. The van der Waals surface area contributed by atoms with Crippen LogP contribution in [0.1, 0.15) is 0 Å². The van der Waals surface area contributed by atoms with Crippen molar-refractivity contribution in [1.82, 2.24) is 0 Å². The van der Waals surface area contributed by atoms with Crippen LogP contribution >= 0.6 is 11.3 Å². The predicted molar refractivity (Wildman–Crippen MR) is 84.2 cm³/mol. The Bertz CT molecular complexity index is 611. The van der Waals surface area contributed by atoms with Crippen molar-refractivity contribution in [3.05, 3.63) is 48.5 Å². The first kappa shape index (κ1) is 17.6. The third-order valence-electron chi connectivity index (χ3n) is 2.28. The lowest BCUT2D eigenvalue weighted by Gasteiger charge is -1.88. The topological polar surface area (TPSA) is 121 Å². The number of thiophene rings is 1. The van der Waals surface area contributed by atoms with Gasteiger partial charge in [-0.3, -0.25) is 0 Å². The normalized spacial score (nSPS) is 9.43. The van der Waals surface area contributed by atoms with Gasteiger partial charge in [-0.1, -0.05) is 36.4 Å². The van der Waals surface area contributed by atoms with Crippen LogP contribution in [-0.4, -0.2) is 44.8 Å². The lowest BCUT2D eigenvalue weighted by Crippen LogP contribution is -2.07. The average molecular weight is 308 g/mol. The summed E-state index contributed by atoms with van der Waals surface area (Å²) in [5, 5.41) is 45.8. The molecule has 0 amide bonds. The Hall–Kier alpha value is -1.45. The molecule has 1 aromatic heterocycles. The molecule has 1 heterocycles. The van der Waals surface area contributed by atoms with Crippen molar-refractivity contribution in [3.63, 3.8) is 0 Å².